The molecule has 0 aromatic rings. The molecule has 0 saturated carbocycles. The van der Waals surface area contributed by atoms with E-state index in [1.807, 2.05) is 0 Å². The Bertz CT molecular complexity index is 453. The minimum absolute atomic E-state index is 0.857. The summed E-state index contributed by atoms with van der Waals surface area (Å²) in [4.78, 5) is 0. The average molecular weight is 479 g/mol. The van der Waals surface area contributed by atoms with E-state index < -0.39 is 0 Å². The molecular formula is C34H70. The van der Waals surface area contributed by atoms with Gasteiger partial charge in [0.05, 0.1) is 0 Å². The first kappa shape index (κ1) is 34.0. The molecule has 0 heteroatoms. The van der Waals surface area contributed by atoms with Crippen LogP contribution in [0, 0.1) is 59.2 Å². The van der Waals surface area contributed by atoms with Crippen LogP contribution in [-0.4, -0.2) is 0 Å². The van der Waals surface area contributed by atoms with Crippen LogP contribution in [0.25, 0.3) is 0 Å². The van der Waals surface area contributed by atoms with Crippen molar-refractivity contribution in [1.82, 2.24) is 0 Å². The maximum Gasteiger partial charge on any atom is -0.0355 e. The summed E-state index contributed by atoms with van der Waals surface area (Å²) in [5, 5.41) is 0. The summed E-state index contributed by atoms with van der Waals surface area (Å²) in [6.45, 7) is 29.9. The van der Waals surface area contributed by atoms with Gasteiger partial charge < -0.3 is 0 Å². The SMILES string of the molecule is CCCC(CC)C(CC)C(CC)C(CC)C(CC)C(CC)C(CC)C(CC)C(CC)C(C)CC. The highest BCUT2D eigenvalue weighted by molar-refractivity contribution is 4.90. The Balaban J connectivity index is 6.28. The molecule has 0 aromatic heterocycles. The molecule has 0 saturated heterocycles. The molecule has 0 aliphatic heterocycles. The van der Waals surface area contributed by atoms with Crippen LogP contribution in [-0.2, 0) is 0 Å². The lowest BCUT2D eigenvalue weighted by Crippen LogP contribution is -2.40. The lowest BCUT2D eigenvalue weighted by molar-refractivity contribution is 0.0170. The molecule has 0 nitrogen and oxygen atoms in total. The van der Waals surface area contributed by atoms with Crippen LogP contribution in [0.4, 0.5) is 0 Å². The molecule has 34 heavy (non-hydrogen) atoms. The summed E-state index contributed by atoms with van der Waals surface area (Å²) >= 11 is 0. The zero-order valence-corrected chi connectivity index (χ0v) is 26.3. The van der Waals surface area contributed by atoms with Crippen molar-refractivity contribution in [2.45, 2.75) is 160 Å². The Morgan fingerprint density at radius 2 is 0.618 bits per heavy atom. The Labute approximate surface area is 219 Å². The van der Waals surface area contributed by atoms with Crippen LogP contribution in [0.1, 0.15) is 160 Å². The smallest absolute Gasteiger partial charge is 0.0355 e. The Morgan fingerprint density at radius 1 is 0.324 bits per heavy atom. The van der Waals surface area contributed by atoms with E-state index in [-0.39, 0.29) is 0 Å². The highest BCUT2D eigenvalue weighted by atomic mass is 14.5. The van der Waals surface area contributed by atoms with Gasteiger partial charge in [-0.2, -0.15) is 0 Å². The van der Waals surface area contributed by atoms with Crippen molar-refractivity contribution < 1.29 is 0 Å². The van der Waals surface area contributed by atoms with Crippen LogP contribution in [0.3, 0.4) is 0 Å². The molecule has 0 heterocycles. The standard InChI is InChI=1S/C34H70/c1-13-24-26(15-3)28(17-5)30(19-7)32(21-9)34(23-11)33(22-10)31(20-8)29(18-6)27(16-4)25(12)14-2/h25-34H,13-24H2,1-12H3. The molecule has 0 N–H and O–H groups in total. The molecular weight excluding hydrogens is 408 g/mol. The van der Waals surface area contributed by atoms with Gasteiger partial charge in [0.1, 0.15) is 0 Å². The number of hydrogen-bond acceptors (Lipinski definition) is 0. The van der Waals surface area contributed by atoms with Gasteiger partial charge >= 0.3 is 0 Å². The summed E-state index contributed by atoms with van der Waals surface area (Å²) in [5.74, 6) is 8.95. The summed E-state index contributed by atoms with van der Waals surface area (Å²) < 4.78 is 0. The third-order valence-corrected chi connectivity index (χ3v) is 10.8. The topological polar surface area (TPSA) is 0 Å². The van der Waals surface area contributed by atoms with E-state index in [1.54, 1.807) is 0 Å². The lowest BCUT2D eigenvalue weighted by atomic mass is 9.58. The fourth-order valence-electron chi connectivity index (χ4n) is 9.05. The van der Waals surface area contributed by atoms with Crippen LogP contribution in [0.5, 0.6) is 0 Å². The largest absolute Gasteiger partial charge is 0.0654 e. The molecule has 0 bridgehead atoms. The zero-order valence-electron chi connectivity index (χ0n) is 26.3. The van der Waals surface area contributed by atoms with Crippen molar-refractivity contribution in [3.8, 4) is 0 Å². The van der Waals surface area contributed by atoms with E-state index in [4.69, 9.17) is 0 Å². The van der Waals surface area contributed by atoms with E-state index in [1.165, 1.54) is 77.0 Å². The molecule has 0 rings (SSSR count). The summed E-state index contributed by atoms with van der Waals surface area (Å²) in [7, 11) is 0. The van der Waals surface area contributed by atoms with Crippen LogP contribution in [0.15, 0.2) is 0 Å². The van der Waals surface area contributed by atoms with Crippen LogP contribution < -0.4 is 0 Å². The second-order valence-electron chi connectivity index (χ2n) is 11.9. The van der Waals surface area contributed by atoms with Gasteiger partial charge in [-0.1, -0.05) is 160 Å². The monoisotopic (exact) mass is 479 g/mol. The highest BCUT2D eigenvalue weighted by Crippen LogP contribution is 2.49. The van der Waals surface area contributed by atoms with E-state index in [2.05, 4.69) is 83.1 Å². The maximum absolute atomic E-state index is 2.54. The van der Waals surface area contributed by atoms with Gasteiger partial charge in [-0.3, -0.25) is 0 Å². The molecule has 0 aliphatic rings. The molecule has 0 fully saturated rings. The van der Waals surface area contributed by atoms with Gasteiger partial charge in [0.25, 0.3) is 0 Å². The third kappa shape index (κ3) is 8.83. The zero-order chi connectivity index (χ0) is 26.3. The second-order valence-corrected chi connectivity index (χ2v) is 11.9. The molecule has 0 spiro atoms. The minimum atomic E-state index is 0.857. The van der Waals surface area contributed by atoms with E-state index in [0.717, 1.165) is 59.2 Å². The van der Waals surface area contributed by atoms with Gasteiger partial charge in [-0.25, -0.2) is 0 Å². The van der Waals surface area contributed by atoms with Crippen molar-refractivity contribution >= 4 is 0 Å². The molecule has 0 radical (unpaired) electrons. The van der Waals surface area contributed by atoms with Gasteiger partial charge in [-0.05, 0) is 59.2 Å². The Hall–Kier alpha value is 0. The van der Waals surface area contributed by atoms with Gasteiger partial charge in [-0.15, -0.1) is 0 Å². The van der Waals surface area contributed by atoms with Crippen molar-refractivity contribution in [3.05, 3.63) is 0 Å². The van der Waals surface area contributed by atoms with Crippen molar-refractivity contribution in [2.75, 3.05) is 0 Å². The van der Waals surface area contributed by atoms with Crippen molar-refractivity contribution in [1.29, 1.82) is 0 Å². The first-order valence-electron chi connectivity index (χ1n) is 16.3. The van der Waals surface area contributed by atoms with Crippen LogP contribution in [0.2, 0.25) is 0 Å². The van der Waals surface area contributed by atoms with E-state index in [9.17, 15) is 0 Å². The fraction of sp³-hybridized carbons (Fsp3) is 1.00. The Morgan fingerprint density at radius 3 is 0.853 bits per heavy atom. The molecule has 206 valence electrons. The minimum Gasteiger partial charge on any atom is -0.0654 e. The predicted molar refractivity (Wildman–Crippen MR) is 158 cm³/mol. The van der Waals surface area contributed by atoms with Crippen LogP contribution >= 0.6 is 0 Å². The average Bonchev–Trinajstić information content (AvgIpc) is 2.87. The first-order valence-corrected chi connectivity index (χ1v) is 16.3. The summed E-state index contributed by atoms with van der Waals surface area (Å²) in [6, 6.07) is 0. The third-order valence-electron chi connectivity index (χ3n) is 10.8. The second kappa shape index (κ2) is 19.2. The maximum atomic E-state index is 2.54. The van der Waals surface area contributed by atoms with Crippen molar-refractivity contribution in [2.24, 2.45) is 59.2 Å². The van der Waals surface area contributed by atoms with Crippen molar-refractivity contribution in [3.63, 3.8) is 0 Å². The first-order chi connectivity index (χ1) is 16.3. The van der Waals surface area contributed by atoms with Gasteiger partial charge in [0.15, 0.2) is 0 Å². The number of rotatable bonds is 21. The quantitative estimate of drug-likeness (QED) is 0.154. The highest BCUT2D eigenvalue weighted by Gasteiger charge is 2.41. The van der Waals surface area contributed by atoms with Gasteiger partial charge in [0, 0.05) is 0 Å². The van der Waals surface area contributed by atoms with Gasteiger partial charge in [0.2, 0.25) is 0 Å². The molecule has 0 amide bonds. The molecule has 10 atom stereocenters. The lowest BCUT2D eigenvalue weighted by Gasteiger charge is -2.47. The molecule has 0 aliphatic carbocycles. The van der Waals surface area contributed by atoms with E-state index in [0.29, 0.717) is 0 Å². The number of hydrogen-bond donors (Lipinski definition) is 0. The molecule has 0 aromatic carbocycles. The fourth-order valence-corrected chi connectivity index (χ4v) is 9.05. The summed E-state index contributed by atoms with van der Waals surface area (Å²) in [6.07, 6.45) is 16.5. The summed E-state index contributed by atoms with van der Waals surface area (Å²) in [5.41, 5.74) is 0. The molecule has 10 unspecified atom stereocenters. The van der Waals surface area contributed by atoms with E-state index >= 15 is 0 Å². The predicted octanol–water partition coefficient (Wildman–Crippen LogP) is 12.1. The normalized spacial score (nSPS) is 21.2. The Kier molecular flexibility index (Phi) is 19.2.